The Bertz CT molecular complexity index is 185. The van der Waals surface area contributed by atoms with Gasteiger partial charge in [0.1, 0.15) is 5.78 Å². The van der Waals surface area contributed by atoms with Crippen molar-refractivity contribution in [1.82, 2.24) is 10.6 Å². The molecule has 0 saturated carbocycles. The molecule has 0 spiro atoms. The standard InChI is InChI=1S/C8H17N3O2.2C2H6/c1-6(12)7(10-2)4-3-5-11-8(9)13;2*1-2/h7,10H,3-5H2,1-2H3,(H3,9,11,13);2*1-2H3. The number of rotatable bonds is 6. The van der Waals surface area contributed by atoms with Crippen LogP contribution in [-0.4, -0.2) is 31.4 Å². The molecule has 5 heteroatoms. The zero-order valence-corrected chi connectivity index (χ0v) is 12.1. The SMILES string of the molecule is CC.CC.CNC(CCCNC(N)=O)C(C)=O. The molecule has 0 aliphatic carbocycles. The van der Waals surface area contributed by atoms with Gasteiger partial charge in [-0.2, -0.15) is 0 Å². The minimum Gasteiger partial charge on any atom is -0.352 e. The number of primary amides is 1. The van der Waals surface area contributed by atoms with Crippen LogP contribution >= 0.6 is 0 Å². The fourth-order valence-corrected chi connectivity index (χ4v) is 1.07. The third-order valence-corrected chi connectivity index (χ3v) is 1.81. The summed E-state index contributed by atoms with van der Waals surface area (Å²) in [5, 5.41) is 5.36. The van der Waals surface area contributed by atoms with E-state index < -0.39 is 6.03 Å². The number of hydrogen-bond acceptors (Lipinski definition) is 3. The third kappa shape index (κ3) is 17.5. The fraction of sp³-hybridized carbons (Fsp3) is 0.833. The van der Waals surface area contributed by atoms with E-state index in [4.69, 9.17) is 5.73 Å². The number of ketones is 1. The Morgan fingerprint density at radius 3 is 1.94 bits per heavy atom. The van der Waals surface area contributed by atoms with E-state index >= 15 is 0 Å². The van der Waals surface area contributed by atoms with Crippen molar-refractivity contribution in [2.75, 3.05) is 13.6 Å². The van der Waals surface area contributed by atoms with Crippen molar-refractivity contribution in [2.24, 2.45) is 5.73 Å². The fourth-order valence-electron chi connectivity index (χ4n) is 1.07. The van der Waals surface area contributed by atoms with Crippen LogP contribution in [0.25, 0.3) is 0 Å². The molecule has 2 amide bonds. The van der Waals surface area contributed by atoms with Crippen molar-refractivity contribution < 1.29 is 9.59 Å². The van der Waals surface area contributed by atoms with Gasteiger partial charge in [0, 0.05) is 6.54 Å². The van der Waals surface area contributed by atoms with Crippen molar-refractivity contribution in [3.63, 3.8) is 0 Å². The maximum absolute atomic E-state index is 10.9. The first-order valence-corrected chi connectivity index (χ1v) is 6.29. The zero-order valence-electron chi connectivity index (χ0n) is 12.1. The van der Waals surface area contributed by atoms with Gasteiger partial charge < -0.3 is 16.4 Å². The van der Waals surface area contributed by atoms with Crippen molar-refractivity contribution in [3.05, 3.63) is 0 Å². The molecule has 0 fully saturated rings. The molecule has 17 heavy (non-hydrogen) atoms. The number of carbonyl (C=O) groups excluding carboxylic acids is 2. The predicted molar refractivity (Wildman–Crippen MR) is 73.0 cm³/mol. The maximum Gasteiger partial charge on any atom is 0.312 e. The van der Waals surface area contributed by atoms with E-state index in [1.54, 1.807) is 14.0 Å². The van der Waals surface area contributed by atoms with Crippen molar-refractivity contribution in [2.45, 2.75) is 53.5 Å². The van der Waals surface area contributed by atoms with Gasteiger partial charge in [0.2, 0.25) is 0 Å². The van der Waals surface area contributed by atoms with Crippen LogP contribution in [0.4, 0.5) is 4.79 Å². The Morgan fingerprint density at radius 2 is 1.65 bits per heavy atom. The lowest BCUT2D eigenvalue weighted by Gasteiger charge is -2.11. The average Bonchev–Trinajstić information content (AvgIpc) is 2.33. The monoisotopic (exact) mass is 247 g/mol. The number of hydrogen-bond donors (Lipinski definition) is 3. The number of urea groups is 1. The molecule has 0 aromatic carbocycles. The van der Waals surface area contributed by atoms with E-state index in [-0.39, 0.29) is 11.8 Å². The second-order valence-electron chi connectivity index (χ2n) is 2.89. The number of nitrogens with one attached hydrogen (secondary N) is 2. The number of Topliss-reactive ketones (excluding diaryl/α,β-unsaturated/α-hetero) is 1. The number of likely N-dealkylation sites (N-methyl/N-ethyl adjacent to an activating group) is 1. The highest BCUT2D eigenvalue weighted by molar-refractivity contribution is 5.81. The third-order valence-electron chi connectivity index (χ3n) is 1.81. The number of amides is 2. The Morgan fingerprint density at radius 1 is 1.18 bits per heavy atom. The highest BCUT2D eigenvalue weighted by Gasteiger charge is 2.09. The summed E-state index contributed by atoms with van der Waals surface area (Å²) in [6.07, 6.45) is 1.46. The Hall–Kier alpha value is -1.10. The van der Waals surface area contributed by atoms with Gasteiger partial charge in [-0.3, -0.25) is 4.79 Å². The lowest BCUT2D eigenvalue weighted by atomic mass is 10.1. The van der Waals surface area contributed by atoms with Crippen LogP contribution in [0.15, 0.2) is 0 Å². The highest BCUT2D eigenvalue weighted by atomic mass is 16.2. The Labute approximate surface area is 106 Å². The number of carbonyl (C=O) groups is 2. The molecular formula is C12H29N3O2. The summed E-state index contributed by atoms with van der Waals surface area (Å²) in [7, 11) is 1.74. The molecule has 5 nitrogen and oxygen atoms in total. The van der Waals surface area contributed by atoms with E-state index in [1.165, 1.54) is 0 Å². The first-order valence-electron chi connectivity index (χ1n) is 6.29. The molecule has 0 saturated heterocycles. The second kappa shape index (κ2) is 17.3. The molecule has 104 valence electrons. The molecule has 4 N–H and O–H groups in total. The van der Waals surface area contributed by atoms with Gasteiger partial charge in [-0.05, 0) is 26.8 Å². The van der Waals surface area contributed by atoms with Crippen molar-refractivity contribution in [3.8, 4) is 0 Å². The topological polar surface area (TPSA) is 84.2 Å². The van der Waals surface area contributed by atoms with Gasteiger partial charge in [0.05, 0.1) is 6.04 Å². The first-order chi connectivity index (χ1) is 8.07. The minimum absolute atomic E-state index is 0.113. The normalized spacial score (nSPS) is 10.0. The second-order valence-corrected chi connectivity index (χ2v) is 2.89. The lowest BCUT2D eigenvalue weighted by Crippen LogP contribution is -2.34. The van der Waals surface area contributed by atoms with Gasteiger partial charge >= 0.3 is 6.03 Å². The molecule has 1 unspecified atom stereocenters. The summed E-state index contributed by atoms with van der Waals surface area (Å²) in [4.78, 5) is 21.2. The molecule has 0 aliphatic rings. The lowest BCUT2D eigenvalue weighted by molar-refractivity contribution is -0.119. The summed E-state index contributed by atoms with van der Waals surface area (Å²) in [6, 6.07) is -0.640. The summed E-state index contributed by atoms with van der Waals surface area (Å²) in [5.41, 5.74) is 4.87. The summed E-state index contributed by atoms with van der Waals surface area (Å²) in [5.74, 6) is 0.113. The molecule has 0 rings (SSSR count). The quantitative estimate of drug-likeness (QED) is 0.624. The smallest absolute Gasteiger partial charge is 0.312 e. The van der Waals surface area contributed by atoms with Crippen LogP contribution in [0.1, 0.15) is 47.5 Å². The molecular weight excluding hydrogens is 218 g/mol. The van der Waals surface area contributed by atoms with Gasteiger partial charge in [-0.25, -0.2) is 4.79 Å². The summed E-state index contributed by atoms with van der Waals surface area (Å²) in [6.45, 7) is 10.1. The molecule has 0 aliphatic heterocycles. The van der Waals surface area contributed by atoms with Crippen molar-refractivity contribution in [1.29, 1.82) is 0 Å². The molecule has 0 aromatic rings. The first kappa shape index (κ1) is 21.2. The Kier molecular flexibility index (Phi) is 21.6. The molecule has 0 bridgehead atoms. The minimum atomic E-state index is -0.524. The van der Waals surface area contributed by atoms with E-state index in [9.17, 15) is 9.59 Å². The van der Waals surface area contributed by atoms with Gasteiger partial charge in [0.15, 0.2) is 0 Å². The molecule has 0 radical (unpaired) electrons. The van der Waals surface area contributed by atoms with E-state index in [0.717, 1.165) is 6.42 Å². The van der Waals surface area contributed by atoms with Crippen LogP contribution in [0, 0.1) is 0 Å². The van der Waals surface area contributed by atoms with Crippen LogP contribution in [0.3, 0.4) is 0 Å². The molecule has 0 heterocycles. The van der Waals surface area contributed by atoms with Crippen molar-refractivity contribution >= 4 is 11.8 Å². The van der Waals surface area contributed by atoms with Gasteiger partial charge in [0.25, 0.3) is 0 Å². The van der Waals surface area contributed by atoms with Gasteiger partial charge in [-0.15, -0.1) is 0 Å². The van der Waals surface area contributed by atoms with Crippen LogP contribution < -0.4 is 16.4 Å². The van der Waals surface area contributed by atoms with E-state index in [0.29, 0.717) is 13.0 Å². The average molecular weight is 247 g/mol. The van der Waals surface area contributed by atoms with E-state index in [1.807, 2.05) is 27.7 Å². The molecule has 1 atom stereocenters. The number of nitrogens with two attached hydrogens (primary N) is 1. The summed E-state index contributed by atoms with van der Waals surface area (Å²) >= 11 is 0. The summed E-state index contributed by atoms with van der Waals surface area (Å²) < 4.78 is 0. The van der Waals surface area contributed by atoms with Gasteiger partial charge in [-0.1, -0.05) is 27.7 Å². The van der Waals surface area contributed by atoms with Crippen LogP contribution in [0.2, 0.25) is 0 Å². The van der Waals surface area contributed by atoms with Crippen LogP contribution in [0.5, 0.6) is 0 Å². The van der Waals surface area contributed by atoms with E-state index in [2.05, 4.69) is 10.6 Å². The predicted octanol–water partition coefficient (Wildman–Crippen LogP) is 1.66. The van der Waals surface area contributed by atoms with Crippen LogP contribution in [-0.2, 0) is 4.79 Å². The zero-order chi connectivity index (χ0) is 14.3. The highest BCUT2D eigenvalue weighted by Crippen LogP contribution is 1.96. The largest absolute Gasteiger partial charge is 0.352 e. The molecule has 0 aromatic heterocycles. The Balaban J connectivity index is -0.000000439. The maximum atomic E-state index is 10.9.